The second-order valence-electron chi connectivity index (χ2n) is 4.95. The van der Waals surface area contributed by atoms with Gasteiger partial charge in [0.2, 0.25) is 5.91 Å². The van der Waals surface area contributed by atoms with Crippen molar-refractivity contribution in [2.45, 2.75) is 44.6 Å². The van der Waals surface area contributed by atoms with Crippen LogP contribution in [0.1, 0.15) is 38.5 Å². The standard InChI is InChI=1S/C12H21NO5/c14-7-9(8-15)13-10(16)6-12(11(17)18)4-2-1-3-5-12/h9,14-15H,1-8H2,(H,13,16)(H,17,18). The molecule has 6 heteroatoms. The van der Waals surface area contributed by atoms with E-state index in [4.69, 9.17) is 10.2 Å². The Morgan fingerprint density at radius 1 is 1.11 bits per heavy atom. The van der Waals surface area contributed by atoms with Crippen LogP contribution in [-0.2, 0) is 9.59 Å². The molecule has 0 aromatic heterocycles. The van der Waals surface area contributed by atoms with Crippen molar-refractivity contribution in [3.05, 3.63) is 0 Å². The van der Waals surface area contributed by atoms with Crippen LogP contribution in [0, 0.1) is 5.41 Å². The van der Waals surface area contributed by atoms with Gasteiger partial charge < -0.3 is 20.6 Å². The van der Waals surface area contributed by atoms with E-state index in [1.165, 1.54) is 0 Å². The summed E-state index contributed by atoms with van der Waals surface area (Å²) in [5, 5.41) is 29.5. The summed E-state index contributed by atoms with van der Waals surface area (Å²) >= 11 is 0. The number of aliphatic hydroxyl groups excluding tert-OH is 2. The summed E-state index contributed by atoms with van der Waals surface area (Å²) in [5.41, 5.74) is -0.974. The lowest BCUT2D eigenvalue weighted by Crippen LogP contribution is -2.44. The van der Waals surface area contributed by atoms with Crippen molar-refractivity contribution < 1.29 is 24.9 Å². The molecule has 1 fully saturated rings. The lowest BCUT2D eigenvalue weighted by atomic mass is 9.71. The molecule has 1 rings (SSSR count). The number of aliphatic carboxylic acids is 1. The van der Waals surface area contributed by atoms with Gasteiger partial charge in [0.1, 0.15) is 0 Å². The van der Waals surface area contributed by atoms with Gasteiger partial charge in [-0.2, -0.15) is 0 Å². The number of rotatable bonds is 6. The van der Waals surface area contributed by atoms with Gasteiger partial charge in [-0.3, -0.25) is 9.59 Å². The van der Waals surface area contributed by atoms with E-state index in [1.54, 1.807) is 0 Å². The molecule has 104 valence electrons. The minimum absolute atomic E-state index is 0.0845. The number of carboxylic acid groups (broad SMARTS) is 1. The highest BCUT2D eigenvalue weighted by Gasteiger charge is 2.41. The third-order valence-corrected chi connectivity index (χ3v) is 3.57. The topological polar surface area (TPSA) is 107 Å². The molecule has 0 bridgehead atoms. The van der Waals surface area contributed by atoms with E-state index in [1.807, 2.05) is 0 Å². The van der Waals surface area contributed by atoms with Gasteiger partial charge in [-0.1, -0.05) is 19.3 Å². The second kappa shape index (κ2) is 6.70. The van der Waals surface area contributed by atoms with Gasteiger partial charge in [-0.15, -0.1) is 0 Å². The largest absolute Gasteiger partial charge is 0.481 e. The first kappa shape index (κ1) is 14.9. The van der Waals surface area contributed by atoms with Gasteiger partial charge in [0, 0.05) is 6.42 Å². The zero-order chi connectivity index (χ0) is 13.6. The van der Waals surface area contributed by atoms with Crippen molar-refractivity contribution in [1.82, 2.24) is 5.32 Å². The summed E-state index contributed by atoms with van der Waals surface area (Å²) in [4.78, 5) is 23.1. The van der Waals surface area contributed by atoms with Gasteiger partial charge >= 0.3 is 5.97 Å². The molecule has 6 nitrogen and oxygen atoms in total. The average molecular weight is 259 g/mol. The summed E-state index contributed by atoms with van der Waals surface area (Å²) < 4.78 is 0. The average Bonchev–Trinajstić information content (AvgIpc) is 2.36. The van der Waals surface area contributed by atoms with Gasteiger partial charge in [-0.05, 0) is 12.8 Å². The quantitative estimate of drug-likeness (QED) is 0.532. The minimum atomic E-state index is -0.974. The Morgan fingerprint density at radius 3 is 2.11 bits per heavy atom. The smallest absolute Gasteiger partial charge is 0.310 e. The van der Waals surface area contributed by atoms with Gasteiger partial charge in [0.05, 0.1) is 24.7 Å². The molecule has 1 aliphatic rings. The highest BCUT2D eigenvalue weighted by molar-refractivity contribution is 5.85. The van der Waals surface area contributed by atoms with Gasteiger partial charge in [0.15, 0.2) is 0 Å². The van der Waals surface area contributed by atoms with Crippen LogP contribution in [0.2, 0.25) is 0 Å². The van der Waals surface area contributed by atoms with Crippen LogP contribution in [0.25, 0.3) is 0 Å². The molecule has 0 saturated heterocycles. The molecule has 4 N–H and O–H groups in total. The lowest BCUT2D eigenvalue weighted by Gasteiger charge is -2.32. The fourth-order valence-electron chi connectivity index (χ4n) is 2.43. The predicted molar refractivity (Wildman–Crippen MR) is 63.9 cm³/mol. The van der Waals surface area contributed by atoms with Crippen LogP contribution >= 0.6 is 0 Å². The van der Waals surface area contributed by atoms with Crippen LogP contribution in [0.4, 0.5) is 0 Å². The monoisotopic (exact) mass is 259 g/mol. The maximum Gasteiger partial charge on any atom is 0.310 e. The highest BCUT2D eigenvalue weighted by Crippen LogP contribution is 2.39. The zero-order valence-corrected chi connectivity index (χ0v) is 10.4. The maximum absolute atomic E-state index is 11.8. The van der Waals surface area contributed by atoms with Crippen LogP contribution in [0.15, 0.2) is 0 Å². The van der Waals surface area contributed by atoms with E-state index in [0.717, 1.165) is 19.3 Å². The number of carboxylic acids is 1. The number of nitrogens with one attached hydrogen (secondary N) is 1. The summed E-state index contributed by atoms with van der Waals surface area (Å²) in [6.45, 7) is -0.718. The SMILES string of the molecule is O=C(CC1(C(=O)O)CCCCC1)NC(CO)CO. The molecule has 1 saturated carbocycles. The molecule has 0 aliphatic heterocycles. The molecule has 1 aliphatic carbocycles. The van der Waals surface area contributed by atoms with Gasteiger partial charge in [-0.25, -0.2) is 0 Å². The molecule has 0 heterocycles. The number of amides is 1. The Hall–Kier alpha value is -1.14. The third-order valence-electron chi connectivity index (χ3n) is 3.57. The van der Waals surface area contributed by atoms with E-state index < -0.39 is 23.3 Å². The molecule has 0 aromatic rings. The number of carbonyl (C=O) groups is 2. The van der Waals surface area contributed by atoms with Crippen LogP contribution in [0.3, 0.4) is 0 Å². The number of aliphatic hydroxyl groups is 2. The first-order valence-corrected chi connectivity index (χ1v) is 6.28. The molecule has 0 radical (unpaired) electrons. The number of hydrogen-bond acceptors (Lipinski definition) is 4. The van der Waals surface area contributed by atoms with Crippen LogP contribution in [-0.4, -0.2) is 46.5 Å². The third kappa shape index (κ3) is 3.68. The summed E-state index contributed by atoms with van der Waals surface area (Å²) in [6.07, 6.45) is 3.59. The summed E-state index contributed by atoms with van der Waals surface area (Å²) in [6, 6.07) is -0.716. The van der Waals surface area contributed by atoms with Crippen molar-refractivity contribution in [1.29, 1.82) is 0 Å². The second-order valence-corrected chi connectivity index (χ2v) is 4.95. The van der Waals surface area contributed by atoms with Crippen molar-refractivity contribution in [3.8, 4) is 0 Å². The van der Waals surface area contributed by atoms with Crippen molar-refractivity contribution in [2.75, 3.05) is 13.2 Å². The van der Waals surface area contributed by atoms with Gasteiger partial charge in [0.25, 0.3) is 0 Å². The zero-order valence-electron chi connectivity index (χ0n) is 10.4. The fourth-order valence-corrected chi connectivity index (χ4v) is 2.43. The van der Waals surface area contributed by atoms with Crippen LogP contribution in [0.5, 0.6) is 0 Å². The van der Waals surface area contributed by atoms with Crippen molar-refractivity contribution in [3.63, 3.8) is 0 Å². The van der Waals surface area contributed by atoms with E-state index in [9.17, 15) is 14.7 Å². The minimum Gasteiger partial charge on any atom is -0.481 e. The molecular formula is C12H21NO5. The Balaban J connectivity index is 2.61. The molecular weight excluding hydrogens is 238 g/mol. The Bertz CT molecular complexity index is 295. The first-order valence-electron chi connectivity index (χ1n) is 6.28. The molecule has 0 spiro atoms. The molecule has 18 heavy (non-hydrogen) atoms. The van der Waals surface area contributed by atoms with E-state index in [-0.39, 0.29) is 19.6 Å². The lowest BCUT2D eigenvalue weighted by molar-refractivity contribution is -0.154. The van der Waals surface area contributed by atoms with E-state index in [0.29, 0.717) is 12.8 Å². The van der Waals surface area contributed by atoms with Crippen LogP contribution < -0.4 is 5.32 Å². The highest BCUT2D eigenvalue weighted by atomic mass is 16.4. The molecule has 0 atom stereocenters. The molecule has 0 unspecified atom stereocenters. The number of carbonyl (C=O) groups excluding carboxylic acids is 1. The Labute approximate surface area is 106 Å². The molecule has 0 aromatic carbocycles. The van der Waals surface area contributed by atoms with E-state index in [2.05, 4.69) is 5.32 Å². The first-order chi connectivity index (χ1) is 8.54. The number of hydrogen-bond donors (Lipinski definition) is 4. The Morgan fingerprint density at radius 2 is 1.67 bits per heavy atom. The summed E-state index contributed by atoms with van der Waals surface area (Å²) in [7, 11) is 0. The normalized spacial score (nSPS) is 18.6. The van der Waals surface area contributed by atoms with E-state index >= 15 is 0 Å². The fraction of sp³-hybridized carbons (Fsp3) is 0.833. The van der Waals surface area contributed by atoms with Crippen molar-refractivity contribution >= 4 is 11.9 Å². The predicted octanol–water partition coefficient (Wildman–Crippen LogP) is -0.119. The Kier molecular flexibility index (Phi) is 5.55. The summed E-state index contributed by atoms with van der Waals surface area (Å²) in [5.74, 6) is -1.35. The maximum atomic E-state index is 11.8. The molecule has 1 amide bonds. The van der Waals surface area contributed by atoms with Crippen molar-refractivity contribution in [2.24, 2.45) is 5.41 Å².